The Labute approximate surface area is 125 Å². The van der Waals surface area contributed by atoms with Gasteiger partial charge in [0.15, 0.2) is 0 Å². The van der Waals surface area contributed by atoms with E-state index < -0.39 is 5.41 Å². The van der Waals surface area contributed by atoms with Gasteiger partial charge in [-0.2, -0.15) is 0 Å². The van der Waals surface area contributed by atoms with Gasteiger partial charge in [0.2, 0.25) is 11.8 Å². The lowest BCUT2D eigenvalue weighted by atomic mass is 9.86. The average Bonchev–Trinajstić information content (AvgIpc) is 3.02. The van der Waals surface area contributed by atoms with Crippen molar-refractivity contribution in [3.8, 4) is 0 Å². The average molecular weight is 286 g/mol. The van der Waals surface area contributed by atoms with Crippen molar-refractivity contribution in [3.63, 3.8) is 0 Å². The van der Waals surface area contributed by atoms with Crippen LogP contribution in [0.1, 0.15) is 45.1 Å². The maximum Gasteiger partial charge on any atom is 0.240 e. The van der Waals surface area contributed by atoms with Crippen molar-refractivity contribution in [2.24, 2.45) is 0 Å². The van der Waals surface area contributed by atoms with Crippen molar-refractivity contribution in [3.05, 3.63) is 29.8 Å². The van der Waals surface area contributed by atoms with Crippen LogP contribution >= 0.6 is 0 Å². The van der Waals surface area contributed by atoms with Crippen molar-refractivity contribution < 1.29 is 9.59 Å². The van der Waals surface area contributed by atoms with E-state index in [1.54, 1.807) is 4.90 Å². The molecule has 1 aliphatic carbocycles. The summed E-state index contributed by atoms with van der Waals surface area (Å²) in [5.41, 5.74) is 1.32. The lowest BCUT2D eigenvalue weighted by molar-refractivity contribution is -0.125. The molecule has 1 aliphatic heterocycles. The maximum absolute atomic E-state index is 12.6. The minimum atomic E-state index is -0.551. The van der Waals surface area contributed by atoms with Crippen molar-refractivity contribution in [2.45, 2.75) is 51.0 Å². The normalized spacial score (nSPS) is 20.7. The smallest absolute Gasteiger partial charge is 0.240 e. The van der Waals surface area contributed by atoms with E-state index in [2.05, 4.69) is 5.32 Å². The third-order valence-electron chi connectivity index (χ3n) is 4.67. The number of amides is 2. The molecule has 0 saturated heterocycles. The molecule has 0 aromatic heterocycles. The zero-order chi connectivity index (χ0) is 15.0. The summed E-state index contributed by atoms with van der Waals surface area (Å²) in [5, 5.41) is 3.05. The number of carbonyl (C=O) groups excluding carboxylic acids is 2. The Morgan fingerprint density at radius 3 is 2.67 bits per heavy atom. The molecule has 1 fully saturated rings. The van der Waals surface area contributed by atoms with Gasteiger partial charge in [0, 0.05) is 11.7 Å². The third-order valence-corrected chi connectivity index (χ3v) is 4.67. The lowest BCUT2D eigenvalue weighted by Gasteiger charge is -2.21. The Kier molecular flexibility index (Phi) is 3.47. The summed E-state index contributed by atoms with van der Waals surface area (Å²) in [6, 6.07) is 8.04. The van der Waals surface area contributed by atoms with Crippen LogP contribution in [0.4, 0.5) is 5.69 Å². The van der Waals surface area contributed by atoms with Crippen LogP contribution in [-0.2, 0) is 15.0 Å². The molecule has 1 heterocycles. The van der Waals surface area contributed by atoms with E-state index in [1.165, 1.54) is 12.8 Å². The molecule has 4 nitrogen and oxygen atoms in total. The SMILES string of the molecule is CC1(C)C(=O)N(CC(=O)NC2CCCC2)c2ccccc21. The summed E-state index contributed by atoms with van der Waals surface area (Å²) < 4.78 is 0. The van der Waals surface area contributed by atoms with Crippen LogP contribution in [0.2, 0.25) is 0 Å². The summed E-state index contributed by atoms with van der Waals surface area (Å²) >= 11 is 0. The number of para-hydroxylation sites is 1. The van der Waals surface area contributed by atoms with Gasteiger partial charge < -0.3 is 10.2 Å². The Balaban J connectivity index is 1.76. The quantitative estimate of drug-likeness (QED) is 0.927. The van der Waals surface area contributed by atoms with E-state index >= 15 is 0 Å². The molecular weight excluding hydrogens is 264 g/mol. The molecular formula is C17H22N2O2. The minimum absolute atomic E-state index is 0.00488. The van der Waals surface area contributed by atoms with Crippen LogP contribution in [0.3, 0.4) is 0 Å². The number of nitrogens with zero attached hydrogens (tertiary/aromatic N) is 1. The van der Waals surface area contributed by atoms with Crippen molar-refractivity contribution >= 4 is 17.5 Å². The van der Waals surface area contributed by atoms with Crippen LogP contribution in [0.25, 0.3) is 0 Å². The second kappa shape index (κ2) is 5.17. The molecule has 3 rings (SSSR count). The minimum Gasteiger partial charge on any atom is -0.352 e. The maximum atomic E-state index is 12.6. The molecule has 1 N–H and O–H groups in total. The van der Waals surface area contributed by atoms with Gasteiger partial charge in [-0.25, -0.2) is 0 Å². The zero-order valence-corrected chi connectivity index (χ0v) is 12.7. The van der Waals surface area contributed by atoms with Crippen molar-refractivity contribution in [1.29, 1.82) is 0 Å². The van der Waals surface area contributed by atoms with E-state index in [0.717, 1.165) is 24.1 Å². The molecule has 4 heteroatoms. The van der Waals surface area contributed by atoms with Gasteiger partial charge >= 0.3 is 0 Å². The van der Waals surface area contributed by atoms with Crippen molar-refractivity contribution in [2.75, 3.05) is 11.4 Å². The van der Waals surface area contributed by atoms with Crippen LogP contribution in [0.15, 0.2) is 24.3 Å². The third kappa shape index (κ3) is 2.43. The first-order chi connectivity index (χ1) is 10.00. The Morgan fingerprint density at radius 2 is 1.95 bits per heavy atom. The van der Waals surface area contributed by atoms with E-state index in [0.29, 0.717) is 6.04 Å². The predicted molar refractivity (Wildman–Crippen MR) is 82.2 cm³/mol. The molecule has 112 valence electrons. The number of anilines is 1. The fourth-order valence-electron chi connectivity index (χ4n) is 3.44. The summed E-state index contributed by atoms with van der Waals surface area (Å²) in [7, 11) is 0. The number of hydrogen-bond donors (Lipinski definition) is 1. The number of fused-ring (bicyclic) bond motifs is 1. The lowest BCUT2D eigenvalue weighted by Crippen LogP contribution is -2.44. The van der Waals surface area contributed by atoms with Gasteiger partial charge in [0.05, 0.1) is 5.41 Å². The fourth-order valence-corrected chi connectivity index (χ4v) is 3.44. The Bertz CT molecular complexity index is 574. The second-order valence-corrected chi connectivity index (χ2v) is 6.58. The monoisotopic (exact) mass is 286 g/mol. The molecule has 0 spiro atoms. The number of carbonyl (C=O) groups is 2. The van der Waals surface area contributed by atoms with Gasteiger partial charge in [-0.1, -0.05) is 31.0 Å². The first-order valence-corrected chi connectivity index (χ1v) is 7.71. The van der Waals surface area contributed by atoms with Gasteiger partial charge in [0.1, 0.15) is 6.54 Å². The molecule has 1 aromatic carbocycles. The summed E-state index contributed by atoms with van der Waals surface area (Å²) in [5.74, 6) is -0.0481. The first-order valence-electron chi connectivity index (χ1n) is 7.71. The highest BCUT2D eigenvalue weighted by molar-refractivity contribution is 6.10. The highest BCUT2D eigenvalue weighted by Gasteiger charge is 2.44. The number of benzene rings is 1. The second-order valence-electron chi connectivity index (χ2n) is 6.58. The molecule has 0 atom stereocenters. The number of hydrogen-bond acceptors (Lipinski definition) is 2. The van der Waals surface area contributed by atoms with E-state index in [1.807, 2.05) is 38.1 Å². The molecule has 2 amide bonds. The van der Waals surface area contributed by atoms with Gasteiger partial charge in [-0.3, -0.25) is 9.59 Å². The molecule has 21 heavy (non-hydrogen) atoms. The van der Waals surface area contributed by atoms with Crippen LogP contribution in [0, 0.1) is 0 Å². The number of nitrogens with one attached hydrogen (secondary N) is 1. The van der Waals surface area contributed by atoms with Gasteiger partial charge in [-0.15, -0.1) is 0 Å². The highest BCUT2D eigenvalue weighted by atomic mass is 16.2. The van der Waals surface area contributed by atoms with E-state index in [9.17, 15) is 9.59 Å². The fraction of sp³-hybridized carbons (Fsp3) is 0.529. The number of rotatable bonds is 3. The van der Waals surface area contributed by atoms with Crippen LogP contribution < -0.4 is 10.2 Å². The van der Waals surface area contributed by atoms with Crippen LogP contribution in [0.5, 0.6) is 0 Å². The standard InChI is InChI=1S/C17H22N2O2/c1-17(2)13-9-5-6-10-14(13)19(16(17)21)11-15(20)18-12-7-3-4-8-12/h5-6,9-10,12H,3-4,7-8,11H2,1-2H3,(H,18,20). The Hall–Kier alpha value is -1.84. The van der Waals surface area contributed by atoms with Crippen LogP contribution in [-0.4, -0.2) is 24.4 Å². The highest BCUT2D eigenvalue weighted by Crippen LogP contribution is 2.40. The molecule has 0 unspecified atom stereocenters. The summed E-state index contributed by atoms with van der Waals surface area (Å²) in [6.45, 7) is 3.96. The molecule has 2 aliphatic rings. The topological polar surface area (TPSA) is 49.4 Å². The van der Waals surface area contributed by atoms with E-state index in [-0.39, 0.29) is 18.4 Å². The molecule has 1 saturated carbocycles. The predicted octanol–water partition coefficient (Wildman–Crippen LogP) is 2.37. The largest absolute Gasteiger partial charge is 0.352 e. The van der Waals surface area contributed by atoms with Crippen molar-refractivity contribution in [1.82, 2.24) is 5.32 Å². The van der Waals surface area contributed by atoms with E-state index in [4.69, 9.17) is 0 Å². The summed E-state index contributed by atoms with van der Waals surface area (Å²) in [4.78, 5) is 26.4. The summed E-state index contributed by atoms with van der Waals surface area (Å²) in [6.07, 6.45) is 4.48. The Morgan fingerprint density at radius 1 is 1.29 bits per heavy atom. The zero-order valence-electron chi connectivity index (χ0n) is 12.7. The van der Waals surface area contributed by atoms with Gasteiger partial charge in [-0.05, 0) is 38.3 Å². The molecule has 0 radical (unpaired) electrons. The molecule has 1 aromatic rings. The molecule has 0 bridgehead atoms. The first kappa shape index (κ1) is 14.1. The van der Waals surface area contributed by atoms with Gasteiger partial charge in [0.25, 0.3) is 0 Å².